The Labute approximate surface area is 190 Å². The summed E-state index contributed by atoms with van der Waals surface area (Å²) in [6, 6.07) is 7.53. The Morgan fingerprint density at radius 1 is 1.12 bits per heavy atom. The van der Waals surface area contributed by atoms with E-state index in [1.165, 1.54) is 6.07 Å². The Bertz CT molecular complexity index is 1170. The van der Waals surface area contributed by atoms with Gasteiger partial charge in [0.15, 0.2) is 9.84 Å². The number of hydrogen-bond donors (Lipinski definition) is 3. The molecule has 0 saturated heterocycles. The normalized spacial score (nSPS) is 18.6. The molecule has 1 aliphatic heterocycles. The van der Waals surface area contributed by atoms with Gasteiger partial charge >= 0.3 is 0 Å². The van der Waals surface area contributed by atoms with Gasteiger partial charge in [-0.15, -0.1) is 0 Å². The number of fused-ring (bicyclic) bond motifs is 1. The second-order valence-corrected chi connectivity index (χ2v) is 10.7. The lowest BCUT2D eigenvalue weighted by Crippen LogP contribution is -2.43. The van der Waals surface area contributed by atoms with Crippen LogP contribution in [-0.2, 0) is 20.4 Å². The highest BCUT2D eigenvalue weighted by Crippen LogP contribution is 2.29. The largest absolute Gasteiger partial charge is 0.371 e. The summed E-state index contributed by atoms with van der Waals surface area (Å²) in [5.74, 6) is -2.15. The standard InChI is InChI=1S/C22H23ClFN3O4S/c23-17-10-15(24)7-5-14(17)11-32(30,31)12-20-22(29)27-19-9-13(6-8-18(19)26-20)21(28)25-16-3-1-2-4-16/h5-10,16,20,26H,1-4,11-12H2,(H,25,28)(H,27,29). The van der Waals surface area contributed by atoms with Crippen molar-refractivity contribution >= 4 is 44.6 Å². The van der Waals surface area contributed by atoms with Crippen molar-refractivity contribution < 1.29 is 22.4 Å². The molecule has 1 unspecified atom stereocenters. The average molecular weight is 480 g/mol. The van der Waals surface area contributed by atoms with Crippen LogP contribution in [0.15, 0.2) is 36.4 Å². The van der Waals surface area contributed by atoms with Crippen molar-refractivity contribution in [2.24, 2.45) is 0 Å². The van der Waals surface area contributed by atoms with Crippen molar-refractivity contribution in [3.8, 4) is 0 Å². The van der Waals surface area contributed by atoms with Gasteiger partial charge in [0, 0.05) is 16.6 Å². The quantitative estimate of drug-likeness (QED) is 0.588. The monoisotopic (exact) mass is 479 g/mol. The topological polar surface area (TPSA) is 104 Å². The molecule has 2 aliphatic rings. The van der Waals surface area contributed by atoms with Crippen molar-refractivity contribution in [1.82, 2.24) is 5.32 Å². The first-order valence-electron chi connectivity index (χ1n) is 10.4. The van der Waals surface area contributed by atoms with E-state index in [2.05, 4.69) is 16.0 Å². The molecule has 0 bridgehead atoms. The molecule has 0 spiro atoms. The molecule has 1 heterocycles. The number of carbonyl (C=O) groups is 2. The zero-order valence-electron chi connectivity index (χ0n) is 17.2. The summed E-state index contributed by atoms with van der Waals surface area (Å²) in [5, 5.41) is 8.63. The number of carbonyl (C=O) groups excluding carboxylic acids is 2. The molecule has 1 aliphatic carbocycles. The lowest BCUT2D eigenvalue weighted by Gasteiger charge is -2.27. The van der Waals surface area contributed by atoms with Gasteiger partial charge in [-0.05, 0) is 48.7 Å². The number of rotatable bonds is 6. The molecule has 170 valence electrons. The first-order valence-corrected chi connectivity index (χ1v) is 12.6. The number of benzene rings is 2. The predicted octanol–water partition coefficient (Wildman–Crippen LogP) is 3.50. The average Bonchev–Trinajstić information content (AvgIpc) is 3.23. The third-order valence-corrected chi connectivity index (χ3v) is 7.63. The highest BCUT2D eigenvalue weighted by Gasteiger charge is 2.31. The second kappa shape index (κ2) is 9.07. The van der Waals surface area contributed by atoms with Gasteiger partial charge in [-0.2, -0.15) is 0 Å². The Morgan fingerprint density at radius 2 is 1.88 bits per heavy atom. The van der Waals surface area contributed by atoms with Crippen LogP contribution in [0.4, 0.5) is 15.8 Å². The van der Waals surface area contributed by atoms with Crippen LogP contribution in [0.2, 0.25) is 5.02 Å². The Kier molecular flexibility index (Phi) is 6.39. The minimum Gasteiger partial charge on any atom is -0.371 e. The van der Waals surface area contributed by atoms with Crippen LogP contribution >= 0.6 is 11.6 Å². The summed E-state index contributed by atoms with van der Waals surface area (Å²) in [6.07, 6.45) is 4.14. The van der Waals surface area contributed by atoms with Gasteiger partial charge in [0.25, 0.3) is 5.91 Å². The molecule has 2 aromatic carbocycles. The molecule has 1 atom stereocenters. The summed E-state index contributed by atoms with van der Waals surface area (Å²) in [7, 11) is -3.73. The maximum absolute atomic E-state index is 13.2. The summed E-state index contributed by atoms with van der Waals surface area (Å²) in [6.45, 7) is 0. The molecular weight excluding hydrogens is 457 g/mol. The van der Waals surface area contributed by atoms with Crippen molar-refractivity contribution in [2.45, 2.75) is 43.5 Å². The fourth-order valence-electron chi connectivity index (χ4n) is 4.03. The molecule has 2 aromatic rings. The minimum atomic E-state index is -3.73. The molecular formula is C22H23ClFN3O4S. The molecule has 0 aromatic heterocycles. The fraction of sp³-hybridized carbons (Fsp3) is 0.364. The zero-order chi connectivity index (χ0) is 22.9. The molecule has 2 amide bonds. The van der Waals surface area contributed by atoms with E-state index in [1.54, 1.807) is 18.2 Å². The third-order valence-electron chi connectivity index (χ3n) is 5.69. The molecule has 1 saturated carbocycles. The summed E-state index contributed by atoms with van der Waals surface area (Å²) >= 11 is 5.94. The molecule has 0 radical (unpaired) electrons. The predicted molar refractivity (Wildman–Crippen MR) is 121 cm³/mol. The Balaban J connectivity index is 1.44. The third kappa shape index (κ3) is 5.21. The van der Waals surface area contributed by atoms with E-state index in [4.69, 9.17) is 11.6 Å². The molecule has 3 N–H and O–H groups in total. The number of amides is 2. The van der Waals surface area contributed by atoms with Crippen LogP contribution in [0.3, 0.4) is 0 Å². The van der Waals surface area contributed by atoms with Crippen LogP contribution in [0.5, 0.6) is 0 Å². The molecule has 32 heavy (non-hydrogen) atoms. The summed E-state index contributed by atoms with van der Waals surface area (Å²) in [5.41, 5.74) is 1.64. The van der Waals surface area contributed by atoms with Gasteiger partial charge in [-0.1, -0.05) is 30.5 Å². The van der Waals surface area contributed by atoms with E-state index in [0.29, 0.717) is 16.9 Å². The van der Waals surface area contributed by atoms with E-state index >= 15 is 0 Å². The van der Waals surface area contributed by atoms with Crippen LogP contribution in [0.25, 0.3) is 0 Å². The van der Waals surface area contributed by atoms with Crippen LogP contribution in [0.1, 0.15) is 41.6 Å². The number of sulfone groups is 1. The lowest BCUT2D eigenvalue weighted by atomic mass is 10.1. The molecule has 1 fully saturated rings. The first-order chi connectivity index (χ1) is 15.2. The molecule has 4 rings (SSSR count). The van der Waals surface area contributed by atoms with Gasteiger partial charge in [0.1, 0.15) is 11.9 Å². The van der Waals surface area contributed by atoms with E-state index in [-0.39, 0.29) is 22.5 Å². The van der Waals surface area contributed by atoms with Gasteiger partial charge in [0.05, 0.1) is 22.9 Å². The Hall–Kier alpha value is -2.65. The van der Waals surface area contributed by atoms with Gasteiger partial charge in [0.2, 0.25) is 5.91 Å². The lowest BCUT2D eigenvalue weighted by molar-refractivity contribution is -0.116. The van der Waals surface area contributed by atoms with Gasteiger partial charge in [-0.3, -0.25) is 9.59 Å². The number of hydrogen-bond acceptors (Lipinski definition) is 5. The van der Waals surface area contributed by atoms with E-state index in [1.807, 2.05) is 0 Å². The molecule has 7 nitrogen and oxygen atoms in total. The van der Waals surface area contributed by atoms with Crippen molar-refractivity contribution in [3.05, 3.63) is 58.4 Å². The van der Waals surface area contributed by atoms with Crippen molar-refractivity contribution in [3.63, 3.8) is 0 Å². The fourth-order valence-corrected chi connectivity index (χ4v) is 5.93. The SMILES string of the molecule is O=C(NC1CCCC1)c1ccc2c(c1)NC(=O)C(CS(=O)(=O)Cc1ccc(F)cc1Cl)N2. The highest BCUT2D eigenvalue weighted by molar-refractivity contribution is 7.90. The number of anilines is 2. The number of nitrogens with one attached hydrogen (secondary N) is 3. The van der Waals surface area contributed by atoms with Crippen LogP contribution in [-0.4, -0.2) is 38.1 Å². The minimum absolute atomic E-state index is 0.0170. The first kappa shape index (κ1) is 22.5. The Morgan fingerprint density at radius 3 is 2.59 bits per heavy atom. The zero-order valence-corrected chi connectivity index (χ0v) is 18.7. The maximum Gasteiger partial charge on any atom is 0.251 e. The van der Waals surface area contributed by atoms with Crippen molar-refractivity contribution in [1.29, 1.82) is 0 Å². The van der Waals surface area contributed by atoms with Gasteiger partial charge in [-0.25, -0.2) is 12.8 Å². The molecule has 10 heteroatoms. The summed E-state index contributed by atoms with van der Waals surface area (Å²) < 4.78 is 38.5. The van der Waals surface area contributed by atoms with Crippen LogP contribution < -0.4 is 16.0 Å². The van der Waals surface area contributed by atoms with E-state index in [0.717, 1.165) is 37.8 Å². The maximum atomic E-state index is 13.2. The van der Waals surface area contributed by atoms with Gasteiger partial charge < -0.3 is 16.0 Å². The smallest absolute Gasteiger partial charge is 0.251 e. The van der Waals surface area contributed by atoms with E-state index < -0.39 is 39.1 Å². The van der Waals surface area contributed by atoms with Crippen LogP contribution in [0, 0.1) is 5.82 Å². The number of halogens is 2. The second-order valence-electron chi connectivity index (χ2n) is 8.19. The van der Waals surface area contributed by atoms with E-state index in [9.17, 15) is 22.4 Å². The summed E-state index contributed by atoms with van der Waals surface area (Å²) in [4.78, 5) is 25.0. The highest BCUT2D eigenvalue weighted by atomic mass is 35.5. The van der Waals surface area contributed by atoms with Crippen molar-refractivity contribution in [2.75, 3.05) is 16.4 Å².